The number of nitrogens with two attached hydrogens (primary N) is 1. The maximum atomic E-state index is 12.1. The van der Waals surface area contributed by atoms with Crippen LogP contribution in [0, 0.1) is 5.92 Å². The Labute approximate surface area is 102 Å². The van der Waals surface area contributed by atoms with Crippen LogP contribution in [-0.2, 0) is 4.79 Å². The fourth-order valence-electron chi connectivity index (χ4n) is 2.65. The number of nitrogens with zero attached hydrogens (tertiary/aromatic N) is 1. The van der Waals surface area contributed by atoms with E-state index in [1.807, 2.05) is 6.92 Å². The summed E-state index contributed by atoms with van der Waals surface area (Å²) in [6, 6.07) is 0. The average Bonchev–Trinajstić information content (AvgIpc) is 2.69. The van der Waals surface area contributed by atoms with Crippen molar-refractivity contribution in [3.63, 3.8) is 0 Å². The summed E-state index contributed by atoms with van der Waals surface area (Å²) in [6.07, 6.45) is 3.61. The zero-order valence-corrected chi connectivity index (χ0v) is 10.5. The zero-order chi connectivity index (χ0) is 12.3. The van der Waals surface area contributed by atoms with E-state index in [1.165, 1.54) is 0 Å². The van der Waals surface area contributed by atoms with Gasteiger partial charge in [0, 0.05) is 12.5 Å². The highest BCUT2D eigenvalue weighted by Gasteiger charge is 2.42. The summed E-state index contributed by atoms with van der Waals surface area (Å²) < 4.78 is 0. The second kappa shape index (κ2) is 5.14. The highest BCUT2D eigenvalue weighted by atomic mass is 16.2. The maximum Gasteiger partial charge on any atom is 0.253 e. The lowest BCUT2D eigenvalue weighted by Crippen LogP contribution is -2.43. The van der Waals surface area contributed by atoms with Crippen LogP contribution in [0.2, 0.25) is 0 Å². The van der Waals surface area contributed by atoms with Gasteiger partial charge in [-0.05, 0) is 38.8 Å². The van der Waals surface area contributed by atoms with Crippen LogP contribution in [0.4, 0.5) is 0 Å². The van der Waals surface area contributed by atoms with Crippen molar-refractivity contribution < 1.29 is 4.79 Å². The third-order valence-electron chi connectivity index (χ3n) is 3.83. The van der Waals surface area contributed by atoms with Crippen LogP contribution in [0.3, 0.4) is 0 Å². The highest BCUT2D eigenvalue weighted by Crippen LogP contribution is 2.27. The smallest absolute Gasteiger partial charge is 0.253 e. The average molecular weight is 238 g/mol. The van der Waals surface area contributed by atoms with E-state index in [-0.39, 0.29) is 5.91 Å². The molecule has 2 aliphatic rings. The van der Waals surface area contributed by atoms with E-state index in [4.69, 9.17) is 5.73 Å². The van der Waals surface area contributed by atoms with Crippen LogP contribution < -0.4 is 16.4 Å². The summed E-state index contributed by atoms with van der Waals surface area (Å²) in [7, 11) is 0. The van der Waals surface area contributed by atoms with Crippen molar-refractivity contribution in [2.75, 3.05) is 19.6 Å². The van der Waals surface area contributed by atoms with E-state index < -0.39 is 5.54 Å². The van der Waals surface area contributed by atoms with Crippen LogP contribution in [0.5, 0.6) is 0 Å². The quantitative estimate of drug-likeness (QED) is 0.645. The molecule has 5 heteroatoms. The Bertz CT molecular complexity index is 322. The molecule has 0 spiro atoms. The van der Waals surface area contributed by atoms with E-state index >= 15 is 0 Å². The summed E-state index contributed by atoms with van der Waals surface area (Å²) in [5.41, 5.74) is 5.00. The molecule has 2 aliphatic heterocycles. The summed E-state index contributed by atoms with van der Waals surface area (Å²) in [4.78, 5) is 16.7. The summed E-state index contributed by atoms with van der Waals surface area (Å²) >= 11 is 0. The number of carbonyl (C=O) groups is 1. The van der Waals surface area contributed by atoms with Gasteiger partial charge in [-0.15, -0.1) is 0 Å². The molecule has 2 unspecified atom stereocenters. The SMILES string of the molecule is CCC1(CCN)N=C(C2CCCNC2)NC1=O. The molecule has 5 nitrogen and oxygen atoms in total. The van der Waals surface area contributed by atoms with E-state index in [2.05, 4.69) is 15.6 Å². The van der Waals surface area contributed by atoms with Gasteiger partial charge in [0.25, 0.3) is 5.91 Å². The van der Waals surface area contributed by atoms with Gasteiger partial charge in [-0.1, -0.05) is 6.92 Å². The number of amides is 1. The lowest BCUT2D eigenvalue weighted by Gasteiger charge is -2.22. The van der Waals surface area contributed by atoms with Crippen molar-refractivity contribution >= 4 is 11.7 Å². The fourth-order valence-corrected chi connectivity index (χ4v) is 2.65. The molecule has 2 heterocycles. The lowest BCUT2D eigenvalue weighted by molar-refractivity contribution is -0.124. The molecular weight excluding hydrogens is 216 g/mol. The second-order valence-corrected chi connectivity index (χ2v) is 4.92. The van der Waals surface area contributed by atoms with Crippen molar-refractivity contribution in [3.05, 3.63) is 0 Å². The van der Waals surface area contributed by atoms with Crippen LogP contribution in [0.25, 0.3) is 0 Å². The van der Waals surface area contributed by atoms with Crippen molar-refractivity contribution in [3.8, 4) is 0 Å². The molecule has 2 rings (SSSR count). The van der Waals surface area contributed by atoms with E-state index in [9.17, 15) is 4.79 Å². The van der Waals surface area contributed by atoms with Gasteiger partial charge in [0.15, 0.2) is 0 Å². The molecule has 17 heavy (non-hydrogen) atoms. The molecule has 1 saturated heterocycles. The lowest BCUT2D eigenvalue weighted by atomic mass is 9.93. The number of rotatable bonds is 4. The van der Waals surface area contributed by atoms with Crippen LogP contribution in [-0.4, -0.2) is 36.9 Å². The van der Waals surface area contributed by atoms with Gasteiger partial charge >= 0.3 is 0 Å². The second-order valence-electron chi connectivity index (χ2n) is 4.92. The predicted octanol–water partition coefficient (Wildman–Crippen LogP) is 0.0119. The minimum Gasteiger partial charge on any atom is -0.330 e. The molecule has 0 aromatic carbocycles. The highest BCUT2D eigenvalue weighted by molar-refractivity contribution is 6.09. The Morgan fingerprint density at radius 1 is 1.59 bits per heavy atom. The van der Waals surface area contributed by atoms with Crippen LogP contribution in [0.1, 0.15) is 32.6 Å². The first-order chi connectivity index (χ1) is 8.22. The topological polar surface area (TPSA) is 79.5 Å². The van der Waals surface area contributed by atoms with Gasteiger partial charge in [0.05, 0.1) is 0 Å². The van der Waals surface area contributed by atoms with Gasteiger partial charge in [-0.2, -0.15) is 0 Å². The number of carbonyl (C=O) groups excluding carboxylic acids is 1. The molecule has 0 aliphatic carbocycles. The van der Waals surface area contributed by atoms with Crippen LogP contribution in [0.15, 0.2) is 4.99 Å². The predicted molar refractivity (Wildman–Crippen MR) is 67.9 cm³/mol. The maximum absolute atomic E-state index is 12.1. The molecule has 0 radical (unpaired) electrons. The van der Waals surface area contributed by atoms with Gasteiger partial charge in [-0.3, -0.25) is 9.79 Å². The number of nitrogens with one attached hydrogen (secondary N) is 2. The molecule has 0 aromatic heterocycles. The van der Waals surface area contributed by atoms with Crippen LogP contribution >= 0.6 is 0 Å². The van der Waals surface area contributed by atoms with E-state index in [0.717, 1.165) is 38.2 Å². The Balaban J connectivity index is 2.13. The Morgan fingerprint density at radius 3 is 3.00 bits per heavy atom. The summed E-state index contributed by atoms with van der Waals surface area (Å²) in [6.45, 7) is 4.49. The van der Waals surface area contributed by atoms with Crippen molar-refractivity contribution in [1.82, 2.24) is 10.6 Å². The minimum atomic E-state index is -0.596. The first kappa shape index (κ1) is 12.5. The largest absolute Gasteiger partial charge is 0.330 e. The summed E-state index contributed by atoms with van der Waals surface area (Å²) in [5.74, 6) is 1.27. The molecule has 0 aromatic rings. The molecule has 96 valence electrons. The first-order valence-electron chi connectivity index (χ1n) is 6.54. The van der Waals surface area contributed by atoms with Gasteiger partial charge in [0.2, 0.25) is 0 Å². The van der Waals surface area contributed by atoms with Gasteiger partial charge < -0.3 is 16.4 Å². The third-order valence-corrected chi connectivity index (χ3v) is 3.83. The monoisotopic (exact) mass is 238 g/mol. The Morgan fingerprint density at radius 2 is 2.41 bits per heavy atom. The van der Waals surface area contributed by atoms with Crippen molar-refractivity contribution in [2.45, 2.75) is 38.1 Å². The van der Waals surface area contributed by atoms with Gasteiger partial charge in [0.1, 0.15) is 11.4 Å². The van der Waals surface area contributed by atoms with Crippen molar-refractivity contribution in [2.24, 2.45) is 16.6 Å². The molecule has 0 bridgehead atoms. The Kier molecular flexibility index (Phi) is 3.79. The number of hydrogen-bond donors (Lipinski definition) is 3. The number of hydrogen-bond acceptors (Lipinski definition) is 4. The standard InChI is InChI=1S/C12H22N4O/c1-2-12(5-6-13)11(17)15-10(16-12)9-4-3-7-14-8-9/h9,14H,2-8,13H2,1H3,(H,15,16,17). The Hall–Kier alpha value is -0.940. The number of amidine groups is 1. The van der Waals surface area contributed by atoms with E-state index in [1.54, 1.807) is 0 Å². The molecule has 1 amide bonds. The first-order valence-corrected chi connectivity index (χ1v) is 6.54. The zero-order valence-electron chi connectivity index (χ0n) is 10.5. The number of piperidine rings is 1. The van der Waals surface area contributed by atoms with E-state index in [0.29, 0.717) is 18.9 Å². The molecule has 2 atom stereocenters. The number of aliphatic imine (C=N–C) groups is 1. The molecule has 1 fully saturated rings. The normalized spacial score (nSPS) is 33.4. The van der Waals surface area contributed by atoms with Gasteiger partial charge in [-0.25, -0.2) is 0 Å². The fraction of sp³-hybridized carbons (Fsp3) is 0.833. The molecule has 0 saturated carbocycles. The summed E-state index contributed by atoms with van der Waals surface area (Å²) in [5, 5.41) is 6.31. The molecular formula is C12H22N4O. The van der Waals surface area contributed by atoms with Crippen molar-refractivity contribution in [1.29, 1.82) is 0 Å². The third kappa shape index (κ3) is 2.35. The minimum absolute atomic E-state index is 0.0334. The molecule has 4 N–H and O–H groups in total.